The number of hydrogen-bond donors (Lipinski definition) is 3. The quantitative estimate of drug-likeness (QED) is 0.399. The number of aromatic amines is 1. The highest BCUT2D eigenvalue weighted by Crippen LogP contribution is 2.22. The average Bonchev–Trinajstić information content (AvgIpc) is 2.94. The van der Waals surface area contributed by atoms with Crippen LogP contribution in [0.2, 0.25) is 0 Å². The molecule has 3 N–H and O–H groups in total. The van der Waals surface area contributed by atoms with E-state index in [0.717, 1.165) is 55.9 Å². The van der Waals surface area contributed by atoms with E-state index in [4.69, 9.17) is 4.74 Å². The Morgan fingerprint density at radius 1 is 1.25 bits per heavy atom. The number of fused-ring (bicyclic) bond motifs is 1. The van der Waals surface area contributed by atoms with Crippen LogP contribution in [-0.2, 0) is 9.53 Å². The van der Waals surface area contributed by atoms with Gasteiger partial charge in [-0.1, -0.05) is 18.2 Å². The topological polar surface area (TPSA) is 75.6 Å². The zero-order valence-corrected chi connectivity index (χ0v) is 14.0. The average molecular weight is 330 g/mol. The molecular weight excluding hydrogens is 306 g/mol. The second-order valence-corrected chi connectivity index (χ2v) is 6.22. The number of aryl methyl sites for hydroxylation is 1. The molecule has 2 heterocycles. The number of benzene rings is 1. The molecule has 0 unspecified atom stereocenters. The molecule has 1 aliphatic rings. The molecule has 1 amide bonds. The van der Waals surface area contributed by atoms with E-state index >= 15 is 0 Å². The lowest BCUT2D eigenvalue weighted by Crippen LogP contribution is -3.14. The summed E-state index contributed by atoms with van der Waals surface area (Å²) in [5, 5.41) is 3.55. The first-order chi connectivity index (χ1) is 11.7. The second-order valence-electron chi connectivity index (χ2n) is 6.22. The molecule has 0 bridgehead atoms. The Kier molecular flexibility index (Phi) is 5.27. The van der Waals surface area contributed by atoms with Gasteiger partial charge in [0.25, 0.3) is 11.7 Å². The van der Waals surface area contributed by atoms with E-state index in [9.17, 15) is 9.59 Å². The molecule has 6 heteroatoms. The number of morpholine rings is 1. The highest BCUT2D eigenvalue weighted by Gasteiger charge is 2.22. The summed E-state index contributed by atoms with van der Waals surface area (Å²) in [4.78, 5) is 29.3. The van der Waals surface area contributed by atoms with Gasteiger partial charge in [0.05, 0.1) is 25.3 Å². The van der Waals surface area contributed by atoms with Crippen LogP contribution in [0.15, 0.2) is 24.3 Å². The smallest absolute Gasteiger partial charge is 0.292 e. The van der Waals surface area contributed by atoms with Crippen LogP contribution in [0, 0.1) is 6.92 Å². The van der Waals surface area contributed by atoms with E-state index in [0.29, 0.717) is 12.1 Å². The van der Waals surface area contributed by atoms with Crippen molar-refractivity contribution in [1.29, 1.82) is 0 Å². The fraction of sp³-hybridized carbons (Fsp3) is 0.444. The third-order valence-corrected chi connectivity index (χ3v) is 4.52. The predicted octanol–water partition coefficient (Wildman–Crippen LogP) is 0.0804. The third kappa shape index (κ3) is 3.66. The van der Waals surface area contributed by atoms with Gasteiger partial charge >= 0.3 is 0 Å². The number of quaternary nitrogens is 1. The number of Topliss-reactive ketones (excluding diaryl/α,β-unsaturated/α-hetero) is 1. The van der Waals surface area contributed by atoms with Gasteiger partial charge in [-0.25, -0.2) is 0 Å². The summed E-state index contributed by atoms with van der Waals surface area (Å²) in [6.07, 6.45) is 0.862. The third-order valence-electron chi connectivity index (χ3n) is 4.52. The Bertz CT molecular complexity index is 732. The molecule has 0 spiro atoms. The van der Waals surface area contributed by atoms with Crippen LogP contribution in [-0.4, -0.2) is 56.1 Å². The number of amides is 1. The van der Waals surface area contributed by atoms with E-state index in [2.05, 4.69) is 10.3 Å². The Balaban J connectivity index is 1.54. The van der Waals surface area contributed by atoms with Gasteiger partial charge in [0.2, 0.25) is 0 Å². The summed E-state index contributed by atoms with van der Waals surface area (Å²) in [5.74, 6) is -0.997. The van der Waals surface area contributed by atoms with Crippen LogP contribution in [0.25, 0.3) is 10.9 Å². The number of H-pyrrole nitrogens is 1. The molecule has 1 saturated heterocycles. The number of nitrogens with one attached hydrogen (secondary N) is 3. The van der Waals surface area contributed by atoms with Gasteiger partial charge in [-0.05, 0) is 13.0 Å². The molecule has 0 saturated carbocycles. The van der Waals surface area contributed by atoms with Crippen molar-refractivity contribution in [1.82, 2.24) is 10.3 Å². The predicted molar refractivity (Wildman–Crippen MR) is 91.4 cm³/mol. The zero-order valence-electron chi connectivity index (χ0n) is 14.0. The molecule has 0 aliphatic carbocycles. The molecular formula is C18H24N3O3+. The minimum atomic E-state index is -0.528. The number of hydrogen-bond acceptors (Lipinski definition) is 3. The van der Waals surface area contributed by atoms with Crippen molar-refractivity contribution in [3.05, 3.63) is 35.5 Å². The second kappa shape index (κ2) is 7.59. The first-order valence-electron chi connectivity index (χ1n) is 8.48. The minimum Gasteiger partial charge on any atom is -0.370 e. The standard InChI is InChI=1S/C18H23N3O3/c1-13-16(14-5-2-3-6-15(14)20-13)17(22)18(23)19-7-4-8-21-9-11-24-12-10-21/h2-3,5-6,20H,4,7-12H2,1H3,(H,19,23)/p+1. The summed E-state index contributed by atoms with van der Waals surface area (Å²) in [6.45, 7) is 6.98. The van der Waals surface area contributed by atoms with Crippen molar-refractivity contribution in [3.8, 4) is 0 Å². The summed E-state index contributed by atoms with van der Waals surface area (Å²) in [5.41, 5.74) is 2.08. The maximum atomic E-state index is 12.5. The van der Waals surface area contributed by atoms with Crippen LogP contribution in [0.3, 0.4) is 0 Å². The lowest BCUT2D eigenvalue weighted by molar-refractivity contribution is -0.908. The van der Waals surface area contributed by atoms with Crippen molar-refractivity contribution in [2.45, 2.75) is 13.3 Å². The van der Waals surface area contributed by atoms with Gasteiger partial charge in [0, 0.05) is 29.6 Å². The summed E-state index contributed by atoms with van der Waals surface area (Å²) < 4.78 is 5.33. The first kappa shape index (κ1) is 16.7. The lowest BCUT2D eigenvalue weighted by atomic mass is 10.1. The molecule has 1 aromatic heterocycles. The van der Waals surface area contributed by atoms with Gasteiger partial charge in [-0.15, -0.1) is 0 Å². The van der Waals surface area contributed by atoms with Crippen LogP contribution in [0.1, 0.15) is 22.5 Å². The van der Waals surface area contributed by atoms with E-state index in [1.54, 1.807) is 0 Å². The Morgan fingerprint density at radius 2 is 2.00 bits per heavy atom. The zero-order chi connectivity index (χ0) is 16.9. The molecule has 1 aliphatic heterocycles. The molecule has 1 fully saturated rings. The summed E-state index contributed by atoms with van der Waals surface area (Å²) >= 11 is 0. The Hall–Kier alpha value is -2.18. The number of carbonyl (C=O) groups excluding carboxylic acids is 2. The van der Waals surface area contributed by atoms with Crippen LogP contribution < -0.4 is 10.2 Å². The fourth-order valence-electron chi connectivity index (χ4n) is 3.21. The maximum Gasteiger partial charge on any atom is 0.292 e. The van der Waals surface area contributed by atoms with Gasteiger partial charge in [0.15, 0.2) is 0 Å². The number of ketones is 1. The maximum absolute atomic E-state index is 12.5. The van der Waals surface area contributed by atoms with Crippen molar-refractivity contribution in [2.24, 2.45) is 0 Å². The molecule has 3 rings (SSSR count). The number of para-hydroxylation sites is 1. The van der Waals surface area contributed by atoms with Crippen molar-refractivity contribution >= 4 is 22.6 Å². The van der Waals surface area contributed by atoms with E-state index in [-0.39, 0.29) is 0 Å². The number of carbonyl (C=O) groups is 2. The van der Waals surface area contributed by atoms with Gasteiger partial charge in [-0.3, -0.25) is 9.59 Å². The van der Waals surface area contributed by atoms with Crippen LogP contribution in [0.5, 0.6) is 0 Å². The van der Waals surface area contributed by atoms with Crippen molar-refractivity contribution in [2.75, 3.05) is 39.4 Å². The van der Waals surface area contributed by atoms with Gasteiger partial charge in [-0.2, -0.15) is 0 Å². The van der Waals surface area contributed by atoms with Crippen LogP contribution in [0.4, 0.5) is 0 Å². The SMILES string of the molecule is Cc1[nH]c2ccccc2c1C(=O)C(=O)NCCC[NH+]1CCOCC1. The number of rotatable bonds is 6. The molecule has 1 aromatic carbocycles. The molecule has 128 valence electrons. The number of aromatic nitrogens is 1. The van der Waals surface area contributed by atoms with Crippen molar-refractivity contribution in [3.63, 3.8) is 0 Å². The Morgan fingerprint density at radius 3 is 2.79 bits per heavy atom. The van der Waals surface area contributed by atoms with E-state index in [1.807, 2.05) is 31.2 Å². The minimum absolute atomic E-state index is 0.469. The van der Waals surface area contributed by atoms with E-state index < -0.39 is 11.7 Å². The molecule has 0 radical (unpaired) electrons. The fourth-order valence-corrected chi connectivity index (χ4v) is 3.21. The van der Waals surface area contributed by atoms with Gasteiger partial charge < -0.3 is 19.9 Å². The van der Waals surface area contributed by atoms with E-state index in [1.165, 1.54) is 4.90 Å². The molecule has 0 atom stereocenters. The van der Waals surface area contributed by atoms with Gasteiger partial charge in [0.1, 0.15) is 13.1 Å². The Labute approximate surface area is 141 Å². The monoisotopic (exact) mass is 330 g/mol. The van der Waals surface area contributed by atoms with Crippen molar-refractivity contribution < 1.29 is 19.2 Å². The summed E-state index contributed by atoms with van der Waals surface area (Å²) in [7, 11) is 0. The first-order valence-corrected chi connectivity index (χ1v) is 8.48. The highest BCUT2D eigenvalue weighted by atomic mass is 16.5. The molecule has 6 nitrogen and oxygen atoms in total. The lowest BCUT2D eigenvalue weighted by Gasteiger charge is -2.23. The largest absolute Gasteiger partial charge is 0.370 e. The normalized spacial score (nSPS) is 15.5. The molecule has 24 heavy (non-hydrogen) atoms. The molecule has 2 aromatic rings. The van der Waals surface area contributed by atoms with Crippen LogP contribution >= 0.6 is 0 Å². The highest BCUT2D eigenvalue weighted by molar-refractivity contribution is 6.45. The number of ether oxygens (including phenoxy) is 1. The summed E-state index contributed by atoms with van der Waals surface area (Å²) in [6, 6.07) is 7.54.